The normalized spacial score (nSPS) is 11.7. The van der Waals surface area contributed by atoms with Gasteiger partial charge in [-0.1, -0.05) is 76.8 Å². The summed E-state index contributed by atoms with van der Waals surface area (Å²) in [6.45, 7) is 2.25. The first kappa shape index (κ1) is 26.0. The summed E-state index contributed by atoms with van der Waals surface area (Å²) < 4.78 is 62.4. The molecule has 0 saturated heterocycles. The van der Waals surface area contributed by atoms with E-state index in [1.54, 1.807) is 12.1 Å². The highest BCUT2D eigenvalue weighted by Gasteiger charge is 2.08. The molecule has 0 aliphatic carbocycles. The van der Waals surface area contributed by atoms with E-state index in [4.69, 9.17) is 22.1 Å². The zero-order chi connectivity index (χ0) is 20.8. The van der Waals surface area contributed by atoms with Gasteiger partial charge in [-0.25, -0.2) is 0 Å². The Morgan fingerprint density at radius 3 is 1.41 bits per heavy atom. The van der Waals surface area contributed by atoms with E-state index in [2.05, 4.69) is 6.92 Å². The van der Waals surface area contributed by atoms with Gasteiger partial charge in [-0.15, -0.1) is 0 Å². The molecule has 0 fully saturated rings. The first-order valence-electron chi connectivity index (χ1n) is 9.30. The molecule has 0 aliphatic heterocycles. The zero-order valence-electron chi connectivity index (χ0n) is 15.9. The molecule has 0 aliphatic rings. The highest BCUT2D eigenvalue weighted by Crippen LogP contribution is 2.14. The van der Waals surface area contributed by atoms with Gasteiger partial charge < -0.3 is 0 Å². The van der Waals surface area contributed by atoms with Gasteiger partial charge in [0.05, 0.1) is 4.90 Å². The van der Waals surface area contributed by atoms with Crippen molar-refractivity contribution in [1.82, 2.24) is 0 Å². The van der Waals surface area contributed by atoms with E-state index in [-0.39, 0.29) is 4.90 Å². The van der Waals surface area contributed by atoms with E-state index < -0.39 is 20.5 Å². The van der Waals surface area contributed by atoms with Crippen LogP contribution in [0.15, 0.2) is 29.2 Å². The van der Waals surface area contributed by atoms with E-state index in [9.17, 15) is 8.42 Å². The molecule has 0 bridgehead atoms. The van der Waals surface area contributed by atoms with Gasteiger partial charge in [0.15, 0.2) is 0 Å². The summed E-state index contributed by atoms with van der Waals surface area (Å²) in [5.41, 5.74) is 1.13. The highest BCUT2D eigenvalue weighted by molar-refractivity contribution is 7.85. The summed E-state index contributed by atoms with van der Waals surface area (Å²) in [5.74, 6) is 0. The van der Waals surface area contributed by atoms with Crippen LogP contribution < -0.4 is 0 Å². The van der Waals surface area contributed by atoms with Gasteiger partial charge in [0.1, 0.15) is 0 Å². The minimum Gasteiger partial charge on any atom is -0.282 e. The summed E-state index contributed by atoms with van der Waals surface area (Å²) in [5, 5.41) is 0. The monoisotopic (exact) mass is 424 g/mol. The quantitative estimate of drug-likeness (QED) is 0.326. The molecule has 0 aromatic heterocycles. The van der Waals surface area contributed by atoms with E-state index >= 15 is 0 Å². The summed E-state index contributed by atoms with van der Waals surface area (Å²) in [6.07, 6.45) is 14.1. The molecule has 0 unspecified atom stereocenters. The lowest BCUT2D eigenvalue weighted by Gasteiger charge is -2.04. The molecule has 0 amide bonds. The Morgan fingerprint density at radius 2 is 1.04 bits per heavy atom. The van der Waals surface area contributed by atoms with Crippen molar-refractivity contribution in [3.05, 3.63) is 29.8 Å². The fraction of sp³-hybridized carbons (Fsp3) is 0.667. The largest absolute Gasteiger partial charge is 0.394 e. The number of benzene rings is 1. The third-order valence-corrected chi connectivity index (χ3v) is 4.91. The highest BCUT2D eigenvalue weighted by atomic mass is 32.3. The second-order valence-electron chi connectivity index (χ2n) is 6.50. The third-order valence-electron chi connectivity index (χ3n) is 4.04. The van der Waals surface area contributed by atoms with Crippen molar-refractivity contribution in [2.75, 3.05) is 0 Å². The molecule has 0 saturated carbocycles. The Kier molecular flexibility index (Phi) is 13.5. The van der Waals surface area contributed by atoms with Crippen LogP contribution in [-0.2, 0) is 26.9 Å². The van der Waals surface area contributed by atoms with Crippen LogP contribution in [0.5, 0.6) is 0 Å². The SMILES string of the molecule is CCCCCCCCCCCCc1ccc(S(=O)(=O)O)cc1.O=S(=O)(O)O. The maximum atomic E-state index is 10.9. The van der Waals surface area contributed by atoms with Gasteiger partial charge in [0, 0.05) is 0 Å². The Morgan fingerprint density at radius 1 is 0.667 bits per heavy atom. The van der Waals surface area contributed by atoms with Crippen molar-refractivity contribution < 1.29 is 30.5 Å². The van der Waals surface area contributed by atoms with Crippen LogP contribution in [0.1, 0.15) is 76.7 Å². The summed E-state index contributed by atoms with van der Waals surface area (Å²) in [4.78, 5) is -0.0284. The Hall–Kier alpha value is -1.00. The minimum absolute atomic E-state index is 0.0284. The molecule has 0 heterocycles. The molecule has 0 atom stereocenters. The van der Waals surface area contributed by atoms with Crippen LogP contribution in [0.3, 0.4) is 0 Å². The van der Waals surface area contributed by atoms with Crippen LogP contribution in [0, 0.1) is 0 Å². The van der Waals surface area contributed by atoms with Crippen LogP contribution in [0.4, 0.5) is 0 Å². The van der Waals surface area contributed by atoms with Crippen LogP contribution >= 0.6 is 0 Å². The van der Waals surface area contributed by atoms with Gasteiger partial charge in [0.2, 0.25) is 0 Å². The second kappa shape index (κ2) is 14.1. The van der Waals surface area contributed by atoms with Gasteiger partial charge in [-0.2, -0.15) is 16.8 Å². The number of hydrogen-bond acceptors (Lipinski definition) is 4. The fourth-order valence-corrected chi connectivity index (χ4v) is 3.12. The first-order valence-corrected chi connectivity index (χ1v) is 12.1. The van der Waals surface area contributed by atoms with Crippen molar-refractivity contribution in [2.24, 2.45) is 0 Å². The number of aryl methyl sites for hydroxylation is 1. The van der Waals surface area contributed by atoms with E-state index in [1.807, 2.05) is 0 Å². The molecule has 9 heteroatoms. The molecule has 0 radical (unpaired) electrons. The maximum absolute atomic E-state index is 10.9. The lowest BCUT2D eigenvalue weighted by molar-refractivity contribution is 0.381. The lowest BCUT2D eigenvalue weighted by Crippen LogP contribution is -1.98. The van der Waals surface area contributed by atoms with Crippen LogP contribution in [-0.4, -0.2) is 30.5 Å². The average Bonchev–Trinajstić information content (AvgIpc) is 2.55. The molecule has 158 valence electrons. The summed E-state index contributed by atoms with van der Waals surface area (Å²) in [7, 11) is -8.73. The molecule has 3 N–H and O–H groups in total. The predicted molar refractivity (Wildman–Crippen MR) is 106 cm³/mol. The first-order chi connectivity index (χ1) is 12.5. The molecule has 1 aromatic rings. The van der Waals surface area contributed by atoms with E-state index in [1.165, 1.54) is 69.9 Å². The molecule has 1 rings (SSSR count). The van der Waals surface area contributed by atoms with E-state index in [0.717, 1.165) is 18.4 Å². The number of rotatable bonds is 12. The van der Waals surface area contributed by atoms with Crippen molar-refractivity contribution in [2.45, 2.75) is 82.4 Å². The molecule has 0 spiro atoms. The topological polar surface area (TPSA) is 129 Å². The van der Waals surface area contributed by atoms with Gasteiger partial charge in [-0.3, -0.25) is 13.7 Å². The zero-order valence-corrected chi connectivity index (χ0v) is 17.5. The Bertz CT molecular complexity index is 688. The number of hydrogen-bond donors (Lipinski definition) is 3. The van der Waals surface area contributed by atoms with Gasteiger partial charge in [0.25, 0.3) is 10.1 Å². The minimum atomic E-state index is -4.67. The molecule has 27 heavy (non-hydrogen) atoms. The molecular formula is C18H32O7S2. The van der Waals surface area contributed by atoms with Crippen molar-refractivity contribution in [3.63, 3.8) is 0 Å². The van der Waals surface area contributed by atoms with Crippen LogP contribution in [0.2, 0.25) is 0 Å². The lowest BCUT2D eigenvalue weighted by atomic mass is 10.0. The Balaban J connectivity index is 0.00000119. The van der Waals surface area contributed by atoms with Crippen molar-refractivity contribution in [3.8, 4) is 0 Å². The van der Waals surface area contributed by atoms with E-state index in [0.29, 0.717) is 0 Å². The standard InChI is InChI=1S/C18H30O3S.H2O4S/c1-2-3-4-5-6-7-8-9-10-11-12-17-13-15-18(16-14-17)22(19,20)21;1-5(2,3)4/h13-16H,2-12H2,1H3,(H,19,20,21);(H2,1,2,3,4). The van der Waals surface area contributed by atoms with Crippen molar-refractivity contribution >= 4 is 20.5 Å². The molecule has 7 nitrogen and oxygen atoms in total. The average molecular weight is 425 g/mol. The molecule has 1 aromatic carbocycles. The van der Waals surface area contributed by atoms with Gasteiger partial charge >= 0.3 is 10.4 Å². The smallest absolute Gasteiger partial charge is 0.282 e. The van der Waals surface area contributed by atoms with Crippen molar-refractivity contribution in [1.29, 1.82) is 0 Å². The number of unbranched alkanes of at least 4 members (excludes halogenated alkanes) is 9. The van der Waals surface area contributed by atoms with Gasteiger partial charge in [-0.05, 0) is 30.5 Å². The molecular weight excluding hydrogens is 392 g/mol. The maximum Gasteiger partial charge on any atom is 0.394 e. The van der Waals surface area contributed by atoms with Crippen LogP contribution in [0.25, 0.3) is 0 Å². The second-order valence-corrected chi connectivity index (χ2v) is 8.82. The summed E-state index contributed by atoms with van der Waals surface area (Å²) in [6, 6.07) is 6.52. The fourth-order valence-electron chi connectivity index (χ4n) is 2.64. The summed E-state index contributed by atoms with van der Waals surface area (Å²) >= 11 is 0. The Labute approximate surface area is 163 Å². The predicted octanol–water partition coefficient (Wildman–Crippen LogP) is 4.74. The third kappa shape index (κ3) is 18.1.